The number of nitrogens with zero attached hydrogens (tertiary/aromatic N) is 1. The third-order valence-electron chi connectivity index (χ3n) is 3.58. The summed E-state index contributed by atoms with van der Waals surface area (Å²) in [6.45, 7) is 6.45. The average Bonchev–Trinajstić information content (AvgIpc) is 3.13. The molecule has 1 aromatic carbocycles. The highest BCUT2D eigenvalue weighted by atomic mass is 32.1. The molecule has 1 aromatic heterocycles. The Morgan fingerprint density at radius 1 is 1.35 bits per heavy atom. The number of aryl methyl sites for hydroxylation is 1. The third-order valence-corrected chi connectivity index (χ3v) is 4.66. The van der Waals surface area contributed by atoms with Gasteiger partial charge in [0.25, 0.3) is 5.91 Å². The second kappa shape index (κ2) is 6.58. The zero-order valence-electron chi connectivity index (χ0n) is 13.5. The molecule has 1 aliphatic rings. The Morgan fingerprint density at radius 2 is 2.13 bits per heavy atom. The average molecular weight is 332 g/mol. The number of hydrogen-bond donors (Lipinski definition) is 1. The summed E-state index contributed by atoms with van der Waals surface area (Å²) in [7, 11) is 0. The molecule has 23 heavy (non-hydrogen) atoms. The molecule has 1 amide bonds. The van der Waals surface area contributed by atoms with Crippen molar-refractivity contribution in [2.75, 3.05) is 6.79 Å². The van der Waals surface area contributed by atoms with Crippen molar-refractivity contribution in [2.24, 2.45) is 5.92 Å². The van der Waals surface area contributed by atoms with Crippen molar-refractivity contribution in [3.05, 3.63) is 39.8 Å². The molecule has 5 nitrogen and oxygen atoms in total. The van der Waals surface area contributed by atoms with E-state index in [2.05, 4.69) is 24.1 Å². The van der Waals surface area contributed by atoms with Gasteiger partial charge in [-0.25, -0.2) is 4.98 Å². The molecule has 3 rings (SSSR count). The van der Waals surface area contributed by atoms with Crippen LogP contribution in [0.5, 0.6) is 11.5 Å². The summed E-state index contributed by atoms with van der Waals surface area (Å²) in [5, 5.41) is 6.06. The van der Waals surface area contributed by atoms with Crippen molar-refractivity contribution in [1.29, 1.82) is 0 Å². The normalized spacial score (nSPS) is 14.1. The number of thiazole rings is 1. The van der Waals surface area contributed by atoms with E-state index in [1.54, 1.807) is 29.5 Å². The van der Waals surface area contributed by atoms with Crippen LogP contribution in [0.2, 0.25) is 0 Å². The van der Waals surface area contributed by atoms with Crippen LogP contribution in [0.4, 0.5) is 0 Å². The molecule has 0 bridgehead atoms. The highest BCUT2D eigenvalue weighted by Gasteiger charge is 2.22. The van der Waals surface area contributed by atoms with E-state index in [-0.39, 0.29) is 18.7 Å². The topological polar surface area (TPSA) is 60.5 Å². The molecular weight excluding hydrogens is 312 g/mol. The fraction of sp³-hybridized carbons (Fsp3) is 0.412. The molecule has 0 spiro atoms. The van der Waals surface area contributed by atoms with Crippen molar-refractivity contribution in [2.45, 2.75) is 33.2 Å². The quantitative estimate of drug-likeness (QED) is 0.907. The van der Waals surface area contributed by atoms with Crippen molar-refractivity contribution in [3.63, 3.8) is 0 Å². The Morgan fingerprint density at radius 3 is 2.83 bits per heavy atom. The standard InChI is InChI=1S/C17H20N2O3S/c1-10(2)6-13(17-18-11(3)8-23-17)19-16(20)12-4-5-14-15(7-12)22-9-21-14/h4-5,7-8,10,13H,6,9H2,1-3H3,(H,19,20). The van der Waals surface area contributed by atoms with Crippen molar-refractivity contribution in [3.8, 4) is 11.5 Å². The van der Waals surface area contributed by atoms with E-state index >= 15 is 0 Å². The fourth-order valence-electron chi connectivity index (χ4n) is 2.50. The molecule has 0 fully saturated rings. The summed E-state index contributed by atoms with van der Waals surface area (Å²) in [5.74, 6) is 1.63. The number of aromatic nitrogens is 1. The van der Waals surface area contributed by atoms with E-state index in [0.717, 1.165) is 17.1 Å². The number of fused-ring (bicyclic) bond motifs is 1. The lowest BCUT2D eigenvalue weighted by atomic mass is 10.0. The van der Waals surface area contributed by atoms with Gasteiger partial charge in [0.15, 0.2) is 11.5 Å². The first-order valence-corrected chi connectivity index (χ1v) is 8.53. The lowest BCUT2D eigenvalue weighted by molar-refractivity contribution is 0.0931. The van der Waals surface area contributed by atoms with Crippen LogP contribution in [-0.2, 0) is 0 Å². The lowest BCUT2D eigenvalue weighted by Crippen LogP contribution is -2.29. The van der Waals surface area contributed by atoms with Crippen LogP contribution in [0.1, 0.15) is 47.4 Å². The molecule has 0 aliphatic carbocycles. The number of nitrogens with one attached hydrogen (secondary N) is 1. The third kappa shape index (κ3) is 3.64. The lowest BCUT2D eigenvalue weighted by Gasteiger charge is -2.18. The van der Waals surface area contributed by atoms with Gasteiger partial charge in [0.05, 0.1) is 6.04 Å². The first-order chi connectivity index (χ1) is 11.0. The van der Waals surface area contributed by atoms with Gasteiger partial charge in [0, 0.05) is 16.6 Å². The van der Waals surface area contributed by atoms with E-state index in [1.165, 1.54) is 0 Å². The molecule has 1 N–H and O–H groups in total. The minimum Gasteiger partial charge on any atom is -0.454 e. The second-order valence-corrected chi connectivity index (χ2v) is 6.94. The Hall–Kier alpha value is -2.08. The molecule has 1 aliphatic heterocycles. The summed E-state index contributed by atoms with van der Waals surface area (Å²) in [5.41, 5.74) is 1.55. The van der Waals surface area contributed by atoms with Crippen molar-refractivity contribution < 1.29 is 14.3 Å². The smallest absolute Gasteiger partial charge is 0.251 e. The molecule has 0 saturated carbocycles. The number of ether oxygens (including phenoxy) is 2. The maximum absolute atomic E-state index is 12.6. The molecule has 6 heteroatoms. The van der Waals surface area contributed by atoms with Gasteiger partial charge in [-0.2, -0.15) is 0 Å². The van der Waals surface area contributed by atoms with Crippen LogP contribution in [0.15, 0.2) is 23.6 Å². The van der Waals surface area contributed by atoms with E-state index in [1.807, 2.05) is 12.3 Å². The van der Waals surface area contributed by atoms with Gasteiger partial charge in [0.2, 0.25) is 6.79 Å². The SMILES string of the molecule is Cc1csc(C(CC(C)C)NC(=O)c2ccc3c(c2)OCO3)n1. The van der Waals surface area contributed by atoms with Gasteiger partial charge in [-0.3, -0.25) is 4.79 Å². The van der Waals surface area contributed by atoms with Crippen LogP contribution in [0.25, 0.3) is 0 Å². The molecule has 2 heterocycles. The predicted octanol–water partition coefficient (Wildman–Crippen LogP) is 3.70. The minimum absolute atomic E-state index is 0.0772. The van der Waals surface area contributed by atoms with Gasteiger partial charge in [-0.05, 0) is 37.5 Å². The minimum atomic E-state index is -0.123. The molecule has 0 radical (unpaired) electrons. The summed E-state index contributed by atoms with van der Waals surface area (Å²) in [6.07, 6.45) is 0.850. The molecule has 2 aromatic rings. The monoisotopic (exact) mass is 332 g/mol. The second-order valence-electron chi connectivity index (χ2n) is 6.05. The van der Waals surface area contributed by atoms with Crippen LogP contribution in [0.3, 0.4) is 0 Å². The van der Waals surface area contributed by atoms with Crippen LogP contribution in [0, 0.1) is 12.8 Å². The Balaban J connectivity index is 1.77. The van der Waals surface area contributed by atoms with Gasteiger partial charge >= 0.3 is 0 Å². The number of rotatable bonds is 5. The van der Waals surface area contributed by atoms with Gasteiger partial charge in [-0.15, -0.1) is 11.3 Å². The molecule has 1 unspecified atom stereocenters. The van der Waals surface area contributed by atoms with Crippen molar-refractivity contribution in [1.82, 2.24) is 10.3 Å². The number of carbonyl (C=O) groups is 1. The number of hydrogen-bond acceptors (Lipinski definition) is 5. The highest BCUT2D eigenvalue weighted by Crippen LogP contribution is 2.33. The first kappa shape index (κ1) is 15.8. The number of benzene rings is 1. The van der Waals surface area contributed by atoms with E-state index in [9.17, 15) is 4.79 Å². The molecule has 1 atom stereocenters. The van der Waals surface area contributed by atoms with Crippen LogP contribution >= 0.6 is 11.3 Å². The summed E-state index contributed by atoms with van der Waals surface area (Å²) >= 11 is 1.59. The summed E-state index contributed by atoms with van der Waals surface area (Å²) in [4.78, 5) is 17.1. The Kier molecular flexibility index (Phi) is 4.52. The van der Waals surface area contributed by atoms with E-state index in [0.29, 0.717) is 23.0 Å². The number of amides is 1. The highest BCUT2D eigenvalue weighted by molar-refractivity contribution is 7.09. The molecular formula is C17H20N2O3S. The van der Waals surface area contributed by atoms with Crippen LogP contribution in [-0.4, -0.2) is 17.7 Å². The zero-order valence-corrected chi connectivity index (χ0v) is 14.3. The maximum Gasteiger partial charge on any atom is 0.251 e. The molecule has 122 valence electrons. The summed E-state index contributed by atoms with van der Waals surface area (Å²) < 4.78 is 10.6. The van der Waals surface area contributed by atoms with Gasteiger partial charge < -0.3 is 14.8 Å². The predicted molar refractivity (Wildman–Crippen MR) is 89.1 cm³/mol. The van der Waals surface area contributed by atoms with Gasteiger partial charge in [-0.1, -0.05) is 13.8 Å². The van der Waals surface area contributed by atoms with Crippen LogP contribution < -0.4 is 14.8 Å². The number of carbonyl (C=O) groups excluding carboxylic acids is 1. The molecule has 0 saturated heterocycles. The largest absolute Gasteiger partial charge is 0.454 e. The Labute approximate surface area is 139 Å². The maximum atomic E-state index is 12.6. The Bertz CT molecular complexity index is 712. The van der Waals surface area contributed by atoms with Gasteiger partial charge in [0.1, 0.15) is 5.01 Å². The van der Waals surface area contributed by atoms with Crippen molar-refractivity contribution >= 4 is 17.2 Å². The zero-order chi connectivity index (χ0) is 16.4. The van der Waals surface area contributed by atoms with E-state index in [4.69, 9.17) is 9.47 Å². The first-order valence-electron chi connectivity index (χ1n) is 7.65. The van der Waals surface area contributed by atoms with E-state index < -0.39 is 0 Å². The fourth-order valence-corrected chi connectivity index (χ4v) is 3.36. The summed E-state index contributed by atoms with van der Waals surface area (Å²) in [6, 6.07) is 5.16.